The van der Waals surface area contributed by atoms with Gasteiger partial charge >= 0.3 is 5.97 Å². The first-order valence-electron chi connectivity index (χ1n) is 7.33. The number of carboxylic acids is 1. The summed E-state index contributed by atoms with van der Waals surface area (Å²) in [5.41, 5.74) is 0. The van der Waals surface area contributed by atoms with Crippen molar-refractivity contribution >= 4 is 16.2 Å². The van der Waals surface area contributed by atoms with E-state index in [1.807, 2.05) is 6.92 Å². The van der Waals surface area contributed by atoms with Gasteiger partial charge in [-0.25, -0.2) is 0 Å². The standard InChI is InChI=1S/C13H24N2O4S/c1-10(11-7-8-11)14(2)20(18,19)15-9-5-3-4-6-12(15)13(16)17/h10-12H,3-9H2,1-2H3,(H,16,17). The zero-order valence-corrected chi connectivity index (χ0v) is 13.0. The van der Waals surface area contributed by atoms with Gasteiger partial charge in [0.2, 0.25) is 0 Å². The van der Waals surface area contributed by atoms with Crippen LogP contribution in [0.3, 0.4) is 0 Å². The lowest BCUT2D eigenvalue weighted by Gasteiger charge is -2.33. The molecule has 2 aliphatic rings. The lowest BCUT2D eigenvalue weighted by Crippen LogP contribution is -2.52. The van der Waals surface area contributed by atoms with E-state index in [2.05, 4.69) is 0 Å². The van der Waals surface area contributed by atoms with Gasteiger partial charge in [0.25, 0.3) is 10.2 Å². The van der Waals surface area contributed by atoms with Crippen molar-refractivity contribution in [1.29, 1.82) is 0 Å². The molecule has 1 aliphatic heterocycles. The van der Waals surface area contributed by atoms with E-state index in [9.17, 15) is 18.3 Å². The summed E-state index contributed by atoms with van der Waals surface area (Å²) in [7, 11) is -2.13. The van der Waals surface area contributed by atoms with Gasteiger partial charge in [0.1, 0.15) is 6.04 Å². The Morgan fingerprint density at radius 2 is 1.90 bits per heavy atom. The molecule has 2 fully saturated rings. The summed E-state index contributed by atoms with van der Waals surface area (Å²) in [5, 5.41) is 9.31. The minimum absolute atomic E-state index is 0.0577. The molecule has 0 radical (unpaired) electrons. The molecule has 0 aromatic carbocycles. The van der Waals surface area contributed by atoms with Crippen molar-refractivity contribution in [2.75, 3.05) is 13.6 Å². The molecular formula is C13H24N2O4S. The fraction of sp³-hybridized carbons (Fsp3) is 0.923. The Hall–Kier alpha value is -0.660. The highest BCUT2D eigenvalue weighted by Crippen LogP contribution is 2.36. The van der Waals surface area contributed by atoms with Gasteiger partial charge in [-0.15, -0.1) is 0 Å². The first-order chi connectivity index (χ1) is 9.35. The maximum atomic E-state index is 12.7. The number of hydrogen-bond acceptors (Lipinski definition) is 3. The van der Waals surface area contributed by atoms with Crippen molar-refractivity contribution in [3.8, 4) is 0 Å². The van der Waals surface area contributed by atoms with E-state index >= 15 is 0 Å². The second-order valence-corrected chi connectivity index (χ2v) is 7.86. The maximum Gasteiger partial charge on any atom is 0.322 e. The van der Waals surface area contributed by atoms with Crippen LogP contribution >= 0.6 is 0 Å². The number of carbonyl (C=O) groups is 1. The highest BCUT2D eigenvalue weighted by atomic mass is 32.2. The molecule has 1 N–H and O–H groups in total. The first kappa shape index (κ1) is 15.7. The van der Waals surface area contributed by atoms with Crippen molar-refractivity contribution < 1.29 is 18.3 Å². The molecule has 6 nitrogen and oxygen atoms in total. The summed E-state index contributed by atoms with van der Waals surface area (Å²) in [6, 6.07) is -0.978. The Bertz CT molecular complexity index is 461. The van der Waals surface area contributed by atoms with E-state index in [-0.39, 0.29) is 6.04 Å². The van der Waals surface area contributed by atoms with E-state index in [0.29, 0.717) is 18.9 Å². The van der Waals surface area contributed by atoms with E-state index in [1.54, 1.807) is 7.05 Å². The third-order valence-corrected chi connectivity index (χ3v) is 6.62. The van der Waals surface area contributed by atoms with Crippen LogP contribution in [0.25, 0.3) is 0 Å². The van der Waals surface area contributed by atoms with Crippen LogP contribution in [-0.2, 0) is 15.0 Å². The van der Waals surface area contributed by atoms with Crippen molar-refractivity contribution in [3.05, 3.63) is 0 Å². The van der Waals surface area contributed by atoms with Crippen molar-refractivity contribution in [2.45, 2.75) is 57.5 Å². The van der Waals surface area contributed by atoms with Crippen LogP contribution in [0.5, 0.6) is 0 Å². The van der Waals surface area contributed by atoms with Crippen LogP contribution in [0.2, 0.25) is 0 Å². The van der Waals surface area contributed by atoms with E-state index < -0.39 is 22.2 Å². The Labute approximate surface area is 120 Å². The molecule has 0 bridgehead atoms. The second-order valence-electron chi connectivity index (χ2n) is 5.92. The minimum Gasteiger partial charge on any atom is -0.480 e. The van der Waals surface area contributed by atoms with Gasteiger partial charge in [0, 0.05) is 19.6 Å². The lowest BCUT2D eigenvalue weighted by molar-refractivity contribution is -0.141. The summed E-state index contributed by atoms with van der Waals surface area (Å²) >= 11 is 0. The minimum atomic E-state index is -3.70. The fourth-order valence-electron chi connectivity index (χ4n) is 2.86. The monoisotopic (exact) mass is 304 g/mol. The highest BCUT2D eigenvalue weighted by Gasteiger charge is 2.42. The Morgan fingerprint density at radius 3 is 2.45 bits per heavy atom. The molecule has 116 valence electrons. The third kappa shape index (κ3) is 3.15. The van der Waals surface area contributed by atoms with Gasteiger partial charge in [-0.05, 0) is 38.5 Å². The molecule has 2 unspecified atom stereocenters. The molecule has 0 aromatic heterocycles. The van der Waals surface area contributed by atoms with Gasteiger partial charge in [-0.3, -0.25) is 4.79 Å². The van der Waals surface area contributed by atoms with Crippen LogP contribution in [0.4, 0.5) is 0 Å². The SMILES string of the molecule is CC(C1CC1)N(C)S(=O)(=O)N1CCCCCC1C(=O)O. The van der Waals surface area contributed by atoms with Gasteiger partial charge in [0.15, 0.2) is 0 Å². The molecule has 1 aliphatic carbocycles. The fourth-order valence-corrected chi connectivity index (χ4v) is 4.66. The van der Waals surface area contributed by atoms with E-state index in [4.69, 9.17) is 0 Å². The molecule has 2 atom stereocenters. The number of aliphatic carboxylic acids is 1. The van der Waals surface area contributed by atoms with Crippen LogP contribution in [0.15, 0.2) is 0 Å². The van der Waals surface area contributed by atoms with Gasteiger partial charge in [-0.1, -0.05) is 12.8 Å². The average Bonchev–Trinajstić information content (AvgIpc) is 3.21. The molecule has 0 spiro atoms. The van der Waals surface area contributed by atoms with Crippen LogP contribution < -0.4 is 0 Å². The third-order valence-electron chi connectivity index (χ3n) is 4.53. The van der Waals surface area contributed by atoms with Crippen LogP contribution in [-0.4, -0.2) is 53.8 Å². The van der Waals surface area contributed by atoms with Crippen molar-refractivity contribution in [3.63, 3.8) is 0 Å². The molecule has 2 rings (SSSR count). The molecule has 1 saturated carbocycles. The molecule has 0 aromatic rings. The average molecular weight is 304 g/mol. The quantitative estimate of drug-likeness (QED) is 0.830. The summed E-state index contributed by atoms with van der Waals surface area (Å²) in [5.74, 6) is -0.618. The van der Waals surface area contributed by atoms with E-state index in [1.165, 1.54) is 8.61 Å². The Balaban J connectivity index is 2.21. The molecule has 0 amide bonds. The molecule has 7 heteroatoms. The topological polar surface area (TPSA) is 77.9 Å². The normalized spacial score (nSPS) is 27.2. The number of carboxylic acid groups (broad SMARTS) is 1. The Kier molecular flexibility index (Phi) is 4.71. The summed E-state index contributed by atoms with van der Waals surface area (Å²) in [6.45, 7) is 2.21. The lowest BCUT2D eigenvalue weighted by atomic mass is 10.1. The van der Waals surface area contributed by atoms with Gasteiger partial charge < -0.3 is 5.11 Å². The van der Waals surface area contributed by atoms with Crippen LogP contribution in [0.1, 0.15) is 45.4 Å². The summed E-state index contributed by atoms with van der Waals surface area (Å²) in [6.07, 6.45) is 4.91. The van der Waals surface area contributed by atoms with Gasteiger partial charge in [-0.2, -0.15) is 17.0 Å². The predicted octanol–water partition coefficient (Wildman–Crippen LogP) is 1.29. The summed E-state index contributed by atoms with van der Waals surface area (Å²) < 4.78 is 28.0. The second kappa shape index (κ2) is 5.99. The number of nitrogens with zero attached hydrogens (tertiary/aromatic N) is 2. The zero-order valence-electron chi connectivity index (χ0n) is 12.2. The zero-order chi connectivity index (χ0) is 14.9. The van der Waals surface area contributed by atoms with Gasteiger partial charge in [0.05, 0.1) is 0 Å². The Morgan fingerprint density at radius 1 is 1.25 bits per heavy atom. The maximum absolute atomic E-state index is 12.7. The number of rotatable bonds is 5. The smallest absolute Gasteiger partial charge is 0.322 e. The summed E-state index contributed by atoms with van der Waals surface area (Å²) in [4.78, 5) is 11.4. The van der Waals surface area contributed by atoms with Crippen LogP contribution in [0, 0.1) is 5.92 Å². The largest absolute Gasteiger partial charge is 0.480 e. The number of hydrogen-bond donors (Lipinski definition) is 1. The molecule has 1 saturated heterocycles. The van der Waals surface area contributed by atoms with Crippen molar-refractivity contribution in [1.82, 2.24) is 8.61 Å². The van der Waals surface area contributed by atoms with E-state index in [0.717, 1.165) is 32.1 Å². The first-order valence-corrected chi connectivity index (χ1v) is 8.73. The predicted molar refractivity (Wildman–Crippen MR) is 75.5 cm³/mol. The van der Waals surface area contributed by atoms with Crippen molar-refractivity contribution in [2.24, 2.45) is 5.92 Å². The highest BCUT2D eigenvalue weighted by molar-refractivity contribution is 7.86. The molecule has 1 heterocycles. The molecule has 20 heavy (non-hydrogen) atoms. The molecular weight excluding hydrogens is 280 g/mol.